The summed E-state index contributed by atoms with van der Waals surface area (Å²) in [6.45, 7) is 5.51. The fourth-order valence-corrected chi connectivity index (χ4v) is 0.190. The van der Waals surface area contributed by atoms with E-state index in [9.17, 15) is 0 Å². The lowest BCUT2D eigenvalue weighted by atomic mass is 10.3. The van der Waals surface area contributed by atoms with Gasteiger partial charge in [-0.3, -0.25) is 0 Å². The van der Waals surface area contributed by atoms with Gasteiger partial charge in [0.2, 0.25) is 0 Å². The predicted molar refractivity (Wildman–Crippen MR) is 32.8 cm³/mol. The molecule has 0 aromatic rings. The minimum atomic E-state index is 0.984. The first kappa shape index (κ1) is 6.04. The minimum absolute atomic E-state index is 0.984. The summed E-state index contributed by atoms with van der Waals surface area (Å²) >= 11 is 0. The van der Waals surface area contributed by atoms with Crippen molar-refractivity contribution in [3.63, 3.8) is 0 Å². The monoisotopic (exact) mass is 92.1 g/mol. The molecule has 0 rings (SSSR count). The zero-order valence-corrected chi connectivity index (χ0v) is 4.44. The van der Waals surface area contributed by atoms with E-state index in [1.807, 2.05) is 6.92 Å². The van der Waals surface area contributed by atoms with Crippen LogP contribution in [0.5, 0.6) is 0 Å². The van der Waals surface area contributed by atoms with Crippen molar-refractivity contribution in [3.05, 3.63) is 24.3 Å². The van der Waals surface area contributed by atoms with Crippen LogP contribution >= 0.6 is 0 Å². The maximum atomic E-state index is 4.90. The van der Waals surface area contributed by atoms with Gasteiger partial charge >= 0.3 is 0 Å². The molecule has 0 amide bonds. The van der Waals surface area contributed by atoms with Gasteiger partial charge in [-0.15, -0.1) is 6.42 Å². The van der Waals surface area contributed by atoms with E-state index in [1.165, 1.54) is 0 Å². The maximum Gasteiger partial charge on any atom is -0.0119 e. The molecule has 0 unspecified atom stereocenters. The molecular weight excluding hydrogens is 84.1 g/mol. The number of rotatable bonds is 1. The summed E-state index contributed by atoms with van der Waals surface area (Å²) in [5, 5.41) is 0. The fraction of sp³-hybridized carbons (Fsp3) is 0.143. The van der Waals surface area contributed by atoms with Crippen molar-refractivity contribution in [1.82, 2.24) is 0 Å². The lowest BCUT2D eigenvalue weighted by Crippen LogP contribution is -1.56. The molecule has 0 bridgehead atoms. The van der Waals surface area contributed by atoms with Gasteiger partial charge in [0.05, 0.1) is 0 Å². The molecule has 0 aliphatic heterocycles. The van der Waals surface area contributed by atoms with E-state index in [1.54, 1.807) is 12.2 Å². The lowest BCUT2D eigenvalue weighted by molar-refractivity contribution is 1.57. The summed E-state index contributed by atoms with van der Waals surface area (Å²) in [6, 6.07) is 0. The Morgan fingerprint density at radius 2 is 2.43 bits per heavy atom. The molecule has 36 valence electrons. The molecule has 0 N–H and O–H groups in total. The number of hydrogen-bond donors (Lipinski definition) is 0. The predicted octanol–water partition coefficient (Wildman–Crippen LogP) is 1.75. The maximum absolute atomic E-state index is 4.90. The van der Waals surface area contributed by atoms with Crippen LogP contribution in [0.15, 0.2) is 24.3 Å². The van der Waals surface area contributed by atoms with Crippen LogP contribution in [0.25, 0.3) is 0 Å². The van der Waals surface area contributed by atoms with Crippen molar-refractivity contribution < 1.29 is 0 Å². The average molecular weight is 92.1 g/mol. The average Bonchev–Trinajstić information content (AvgIpc) is 1.61. The van der Waals surface area contributed by atoms with Crippen LogP contribution in [0, 0.1) is 12.3 Å². The Kier molecular flexibility index (Phi) is 2.79. The quantitative estimate of drug-likeness (QED) is 0.341. The molecule has 0 spiro atoms. The van der Waals surface area contributed by atoms with Crippen molar-refractivity contribution in [1.29, 1.82) is 0 Å². The number of hydrogen-bond acceptors (Lipinski definition) is 0. The second-order valence-corrected chi connectivity index (χ2v) is 1.35. The Morgan fingerprint density at radius 3 is 2.57 bits per heavy atom. The zero-order chi connectivity index (χ0) is 5.70. The van der Waals surface area contributed by atoms with Gasteiger partial charge in [0.25, 0.3) is 0 Å². The fourth-order valence-electron chi connectivity index (χ4n) is 0.190. The topological polar surface area (TPSA) is 0 Å². The van der Waals surface area contributed by atoms with E-state index in [-0.39, 0.29) is 0 Å². The zero-order valence-electron chi connectivity index (χ0n) is 4.44. The first-order chi connectivity index (χ1) is 3.27. The third-order valence-corrected chi connectivity index (χ3v) is 0.464. The summed E-state index contributed by atoms with van der Waals surface area (Å²) in [5.41, 5.74) is 0.984. The Balaban J connectivity index is 3.53. The molecule has 0 aromatic carbocycles. The SMILES string of the molecule is C#C/C=C\C(=C)C. The van der Waals surface area contributed by atoms with Crippen LogP contribution in [0.1, 0.15) is 6.92 Å². The first-order valence-electron chi connectivity index (χ1n) is 2.05. The van der Waals surface area contributed by atoms with Crippen molar-refractivity contribution in [2.45, 2.75) is 6.92 Å². The highest BCUT2D eigenvalue weighted by atomic mass is 13.7. The molecule has 0 fully saturated rings. The molecule has 0 aromatic heterocycles. The van der Waals surface area contributed by atoms with E-state index in [2.05, 4.69) is 12.5 Å². The van der Waals surface area contributed by atoms with Crippen LogP contribution < -0.4 is 0 Å². The minimum Gasteiger partial charge on any atom is -0.115 e. The molecule has 0 saturated carbocycles. The van der Waals surface area contributed by atoms with Crippen molar-refractivity contribution in [2.75, 3.05) is 0 Å². The molecule has 0 aliphatic carbocycles. The number of allylic oxidation sites excluding steroid dienone is 3. The standard InChI is InChI=1S/C7H8/c1-4-5-6-7(2)3/h1,5-6H,2H2,3H3/b6-5-. The Labute approximate surface area is 44.5 Å². The van der Waals surface area contributed by atoms with Crippen molar-refractivity contribution in [3.8, 4) is 12.3 Å². The van der Waals surface area contributed by atoms with Gasteiger partial charge in [0.15, 0.2) is 0 Å². The second kappa shape index (κ2) is 3.24. The smallest absolute Gasteiger partial charge is 0.0119 e. The molecule has 0 atom stereocenters. The van der Waals surface area contributed by atoms with Gasteiger partial charge in [0.1, 0.15) is 0 Å². The highest BCUT2D eigenvalue weighted by Gasteiger charge is 1.65. The van der Waals surface area contributed by atoms with E-state index in [0.717, 1.165) is 5.57 Å². The summed E-state index contributed by atoms with van der Waals surface area (Å²) in [4.78, 5) is 0. The molecule has 0 heteroatoms. The lowest BCUT2D eigenvalue weighted by Gasteiger charge is -1.75. The van der Waals surface area contributed by atoms with Gasteiger partial charge in [-0.25, -0.2) is 0 Å². The third kappa shape index (κ3) is 5.04. The molecule has 0 aliphatic rings. The first-order valence-corrected chi connectivity index (χ1v) is 2.05. The van der Waals surface area contributed by atoms with Crippen LogP contribution in [0.4, 0.5) is 0 Å². The molecule has 0 saturated heterocycles. The Morgan fingerprint density at radius 1 is 1.86 bits per heavy atom. The van der Waals surface area contributed by atoms with Gasteiger partial charge in [-0.1, -0.05) is 24.1 Å². The highest BCUT2D eigenvalue weighted by molar-refractivity contribution is 5.20. The van der Waals surface area contributed by atoms with Crippen LogP contribution in [-0.2, 0) is 0 Å². The molecule has 0 heterocycles. The van der Waals surface area contributed by atoms with E-state index >= 15 is 0 Å². The van der Waals surface area contributed by atoms with Crippen LogP contribution in [0.2, 0.25) is 0 Å². The second-order valence-electron chi connectivity index (χ2n) is 1.35. The van der Waals surface area contributed by atoms with Crippen molar-refractivity contribution in [2.24, 2.45) is 0 Å². The molecule has 7 heavy (non-hydrogen) atoms. The third-order valence-electron chi connectivity index (χ3n) is 0.464. The van der Waals surface area contributed by atoms with Gasteiger partial charge < -0.3 is 0 Å². The van der Waals surface area contributed by atoms with Gasteiger partial charge in [-0.05, 0) is 13.0 Å². The van der Waals surface area contributed by atoms with Gasteiger partial charge in [-0.2, -0.15) is 0 Å². The van der Waals surface area contributed by atoms with E-state index in [0.29, 0.717) is 0 Å². The summed E-state index contributed by atoms with van der Waals surface area (Å²) in [5.74, 6) is 2.36. The van der Waals surface area contributed by atoms with Crippen molar-refractivity contribution >= 4 is 0 Å². The largest absolute Gasteiger partial charge is 0.115 e. The summed E-state index contributed by atoms with van der Waals surface area (Å²) in [7, 11) is 0. The van der Waals surface area contributed by atoms with E-state index in [4.69, 9.17) is 6.42 Å². The molecule has 0 nitrogen and oxygen atoms in total. The van der Waals surface area contributed by atoms with Crippen LogP contribution in [0.3, 0.4) is 0 Å². The summed E-state index contributed by atoms with van der Waals surface area (Å²) < 4.78 is 0. The summed E-state index contributed by atoms with van der Waals surface area (Å²) in [6.07, 6.45) is 8.32. The van der Waals surface area contributed by atoms with Crippen LogP contribution in [-0.4, -0.2) is 0 Å². The Hall–Kier alpha value is -0.960. The number of terminal acetylenes is 1. The van der Waals surface area contributed by atoms with E-state index < -0.39 is 0 Å². The highest BCUT2D eigenvalue weighted by Crippen LogP contribution is 1.85. The van der Waals surface area contributed by atoms with Gasteiger partial charge in [0, 0.05) is 0 Å². The molecular formula is C7H8. The normalized spacial score (nSPS) is 8.57. The molecule has 0 radical (unpaired) electrons. The Bertz CT molecular complexity index is 121.